The van der Waals surface area contributed by atoms with Crippen LogP contribution in [0.15, 0.2) is 6.20 Å². The lowest BCUT2D eigenvalue weighted by molar-refractivity contribution is 0.553. The van der Waals surface area contributed by atoms with Gasteiger partial charge in [-0.2, -0.15) is 0 Å². The summed E-state index contributed by atoms with van der Waals surface area (Å²) in [5.74, 6) is 0.943. The van der Waals surface area contributed by atoms with Crippen molar-refractivity contribution in [3.63, 3.8) is 0 Å². The Hall–Kier alpha value is -0.610. The largest absolute Gasteiger partial charge is 0.345 e. The van der Waals surface area contributed by atoms with Crippen LogP contribution < -0.4 is 10.2 Å². The molecule has 1 saturated carbocycles. The summed E-state index contributed by atoms with van der Waals surface area (Å²) in [5.41, 5.74) is 0. The first-order valence-corrected chi connectivity index (χ1v) is 7.55. The van der Waals surface area contributed by atoms with Gasteiger partial charge in [-0.3, -0.25) is 0 Å². The van der Waals surface area contributed by atoms with Crippen LogP contribution in [0.3, 0.4) is 0 Å². The van der Waals surface area contributed by atoms with Crippen LogP contribution in [0.1, 0.15) is 44.0 Å². The number of fused-ring (bicyclic) bond motifs is 2. The third-order valence-electron chi connectivity index (χ3n) is 4.10. The summed E-state index contributed by atoms with van der Waals surface area (Å²) in [6.45, 7) is 6.63. The lowest BCUT2D eigenvalue weighted by Crippen LogP contribution is -2.31. The molecule has 2 heterocycles. The summed E-state index contributed by atoms with van der Waals surface area (Å²) in [4.78, 5) is 8.53. The minimum atomic E-state index is 0.436. The Morgan fingerprint density at radius 1 is 1.59 bits per heavy atom. The molecule has 3 atom stereocenters. The summed E-state index contributed by atoms with van der Waals surface area (Å²) in [6, 6.07) is 1.22. The summed E-state index contributed by atoms with van der Waals surface area (Å²) < 4.78 is 0. The average Bonchev–Trinajstić information content (AvgIpc) is 3.05. The molecular weight excluding hydrogens is 230 g/mol. The number of nitrogens with zero attached hydrogens (tertiary/aromatic N) is 2. The zero-order chi connectivity index (χ0) is 11.8. The number of aromatic nitrogens is 1. The second-order valence-electron chi connectivity index (χ2n) is 5.31. The van der Waals surface area contributed by atoms with Gasteiger partial charge in [0.1, 0.15) is 0 Å². The van der Waals surface area contributed by atoms with Crippen LogP contribution in [0.5, 0.6) is 0 Å². The number of hydrogen-bond donors (Lipinski definition) is 1. The molecule has 1 aromatic heterocycles. The zero-order valence-corrected chi connectivity index (χ0v) is 11.5. The molecule has 1 aliphatic carbocycles. The molecule has 1 saturated heterocycles. The number of thiazole rings is 1. The lowest BCUT2D eigenvalue weighted by Gasteiger charge is -2.26. The van der Waals surface area contributed by atoms with Crippen LogP contribution in [0.2, 0.25) is 0 Å². The maximum Gasteiger partial charge on any atom is 0.185 e. The van der Waals surface area contributed by atoms with Crippen molar-refractivity contribution < 1.29 is 0 Å². The first kappa shape index (κ1) is 11.5. The molecule has 3 rings (SSSR count). The minimum Gasteiger partial charge on any atom is -0.345 e. The maximum atomic E-state index is 4.62. The second kappa shape index (κ2) is 4.58. The average molecular weight is 251 g/mol. The van der Waals surface area contributed by atoms with Gasteiger partial charge in [-0.05, 0) is 38.6 Å². The topological polar surface area (TPSA) is 28.2 Å². The molecule has 3 unspecified atom stereocenters. The molecule has 0 amide bonds. The van der Waals surface area contributed by atoms with Gasteiger partial charge in [0.05, 0.1) is 0 Å². The first-order valence-electron chi connectivity index (χ1n) is 6.73. The van der Waals surface area contributed by atoms with Gasteiger partial charge in [0, 0.05) is 29.7 Å². The molecule has 2 aliphatic rings. The van der Waals surface area contributed by atoms with E-state index < -0.39 is 0 Å². The third-order valence-corrected chi connectivity index (χ3v) is 5.32. The van der Waals surface area contributed by atoms with Gasteiger partial charge in [0.15, 0.2) is 5.13 Å². The van der Waals surface area contributed by atoms with Crippen molar-refractivity contribution in [2.75, 3.05) is 18.0 Å². The number of anilines is 1. The predicted octanol–water partition coefficient (Wildman–Crippen LogP) is 2.80. The zero-order valence-electron chi connectivity index (χ0n) is 10.6. The maximum absolute atomic E-state index is 4.62. The van der Waals surface area contributed by atoms with Crippen molar-refractivity contribution in [1.29, 1.82) is 0 Å². The Bertz CT molecular complexity index is 390. The summed E-state index contributed by atoms with van der Waals surface area (Å²) in [6.07, 6.45) is 6.27. The van der Waals surface area contributed by atoms with E-state index in [4.69, 9.17) is 0 Å². The van der Waals surface area contributed by atoms with E-state index in [1.807, 2.05) is 11.3 Å². The van der Waals surface area contributed by atoms with E-state index >= 15 is 0 Å². The highest BCUT2D eigenvalue weighted by Gasteiger charge is 2.38. The van der Waals surface area contributed by atoms with Gasteiger partial charge in [-0.1, -0.05) is 6.92 Å². The summed E-state index contributed by atoms with van der Waals surface area (Å²) in [5, 5.41) is 4.70. The Balaban J connectivity index is 1.72. The second-order valence-corrected chi connectivity index (χ2v) is 6.35. The minimum absolute atomic E-state index is 0.436. The molecule has 1 aromatic rings. The van der Waals surface area contributed by atoms with Crippen LogP contribution in [0.4, 0.5) is 5.13 Å². The molecule has 0 radical (unpaired) electrons. The van der Waals surface area contributed by atoms with Crippen LogP contribution in [-0.4, -0.2) is 24.1 Å². The summed E-state index contributed by atoms with van der Waals surface area (Å²) >= 11 is 1.87. The first-order chi connectivity index (χ1) is 8.28. The van der Waals surface area contributed by atoms with Crippen molar-refractivity contribution in [3.8, 4) is 0 Å². The molecule has 0 aromatic carbocycles. The number of piperidine rings is 1. The smallest absolute Gasteiger partial charge is 0.185 e. The van der Waals surface area contributed by atoms with E-state index in [9.17, 15) is 0 Å². The highest BCUT2D eigenvalue weighted by atomic mass is 32.1. The van der Waals surface area contributed by atoms with Crippen LogP contribution in [0.25, 0.3) is 0 Å². The highest BCUT2D eigenvalue weighted by Crippen LogP contribution is 2.41. The van der Waals surface area contributed by atoms with Crippen LogP contribution in [0, 0.1) is 5.92 Å². The SMILES string of the molecule is CCNC(C)c1cnc(N2CC3CCC2C3)s1. The van der Waals surface area contributed by atoms with Gasteiger partial charge >= 0.3 is 0 Å². The summed E-state index contributed by atoms with van der Waals surface area (Å²) in [7, 11) is 0. The number of hydrogen-bond acceptors (Lipinski definition) is 4. The fraction of sp³-hybridized carbons (Fsp3) is 0.769. The lowest BCUT2D eigenvalue weighted by atomic mass is 10.1. The van der Waals surface area contributed by atoms with E-state index in [-0.39, 0.29) is 0 Å². The molecular formula is C13H21N3S. The molecule has 1 N–H and O–H groups in total. The molecule has 17 heavy (non-hydrogen) atoms. The van der Waals surface area contributed by atoms with Crippen LogP contribution >= 0.6 is 11.3 Å². The molecule has 3 nitrogen and oxygen atoms in total. The van der Waals surface area contributed by atoms with Gasteiger partial charge in [-0.25, -0.2) is 4.98 Å². The van der Waals surface area contributed by atoms with Gasteiger partial charge < -0.3 is 10.2 Å². The van der Waals surface area contributed by atoms with Gasteiger partial charge in [-0.15, -0.1) is 11.3 Å². The molecule has 1 aliphatic heterocycles. The van der Waals surface area contributed by atoms with Crippen molar-refractivity contribution in [2.24, 2.45) is 5.92 Å². The van der Waals surface area contributed by atoms with Gasteiger partial charge in [0.2, 0.25) is 0 Å². The quantitative estimate of drug-likeness (QED) is 0.892. The standard InChI is InChI=1S/C13H21N3S/c1-3-14-9(2)12-7-15-13(17-12)16-8-10-4-5-11(16)6-10/h7,9-11,14H,3-6,8H2,1-2H3. The normalized spacial score (nSPS) is 28.9. The van der Waals surface area contributed by atoms with E-state index in [0.29, 0.717) is 6.04 Å². The van der Waals surface area contributed by atoms with E-state index in [2.05, 4.69) is 35.2 Å². The fourth-order valence-electron chi connectivity index (χ4n) is 3.18. The molecule has 4 heteroatoms. The number of rotatable bonds is 4. The van der Waals surface area contributed by atoms with Crippen molar-refractivity contribution in [1.82, 2.24) is 10.3 Å². The van der Waals surface area contributed by atoms with Crippen molar-refractivity contribution in [3.05, 3.63) is 11.1 Å². The van der Waals surface area contributed by atoms with E-state index in [1.54, 1.807) is 0 Å². The predicted molar refractivity (Wildman–Crippen MR) is 72.7 cm³/mol. The molecule has 2 fully saturated rings. The number of nitrogens with one attached hydrogen (secondary N) is 1. The molecule has 94 valence electrons. The Labute approximate surface area is 107 Å². The van der Waals surface area contributed by atoms with Gasteiger partial charge in [0.25, 0.3) is 0 Å². The monoisotopic (exact) mass is 251 g/mol. The Kier molecular flexibility index (Phi) is 3.09. The Morgan fingerprint density at radius 2 is 2.47 bits per heavy atom. The molecule has 0 spiro atoms. The molecule has 2 bridgehead atoms. The highest BCUT2D eigenvalue weighted by molar-refractivity contribution is 7.15. The van der Waals surface area contributed by atoms with Crippen molar-refractivity contribution >= 4 is 16.5 Å². The van der Waals surface area contributed by atoms with E-state index in [1.165, 1.54) is 35.8 Å². The van der Waals surface area contributed by atoms with Crippen LogP contribution in [-0.2, 0) is 0 Å². The van der Waals surface area contributed by atoms with E-state index in [0.717, 1.165) is 18.5 Å². The third kappa shape index (κ3) is 2.08. The van der Waals surface area contributed by atoms with Crippen molar-refractivity contribution in [2.45, 2.75) is 45.2 Å². The fourth-order valence-corrected chi connectivity index (χ4v) is 4.20. The Morgan fingerprint density at radius 3 is 3.12 bits per heavy atom.